The van der Waals surface area contributed by atoms with Crippen molar-refractivity contribution in [3.8, 4) is 0 Å². The molecule has 1 saturated carbocycles. The molecule has 0 spiro atoms. The van der Waals surface area contributed by atoms with Gasteiger partial charge in [0.15, 0.2) is 0 Å². The van der Waals surface area contributed by atoms with E-state index in [1.165, 1.54) is 24.6 Å². The van der Waals surface area contributed by atoms with Gasteiger partial charge in [-0.25, -0.2) is 0 Å². The summed E-state index contributed by atoms with van der Waals surface area (Å²) in [5, 5.41) is -0.197. The van der Waals surface area contributed by atoms with E-state index in [0.717, 1.165) is 12.3 Å². The van der Waals surface area contributed by atoms with E-state index in [9.17, 15) is 4.79 Å². The first-order valence-electron chi connectivity index (χ1n) is 7.09. The van der Waals surface area contributed by atoms with E-state index in [0.29, 0.717) is 22.8 Å². The van der Waals surface area contributed by atoms with Gasteiger partial charge < -0.3 is 0 Å². The van der Waals surface area contributed by atoms with Crippen molar-refractivity contribution in [2.45, 2.75) is 51.3 Å². The van der Waals surface area contributed by atoms with Crippen LogP contribution in [0.2, 0.25) is 0 Å². The van der Waals surface area contributed by atoms with Gasteiger partial charge in [0.2, 0.25) is 5.91 Å². The van der Waals surface area contributed by atoms with Crippen molar-refractivity contribution in [3.05, 3.63) is 0 Å². The Balaban J connectivity index is 1.99. The highest BCUT2D eigenvalue weighted by Crippen LogP contribution is 2.32. The minimum atomic E-state index is -0.197. The summed E-state index contributed by atoms with van der Waals surface area (Å²) in [7, 11) is 0. The van der Waals surface area contributed by atoms with Crippen LogP contribution in [-0.2, 0) is 4.79 Å². The molecule has 0 radical (unpaired) electrons. The zero-order valence-electron chi connectivity index (χ0n) is 11.8. The standard InChI is InChI=1S/C14H22N2OS2/c1-4-16-13(17)12(19-14(16)18)8-15-11-7-5-6-9(2)10(11)3/h8-12H,4-7H2,1-3H3/t9-,10-,11+,12+/m0/s1. The lowest BCUT2D eigenvalue weighted by Gasteiger charge is -2.31. The van der Waals surface area contributed by atoms with Gasteiger partial charge in [-0.05, 0) is 25.2 Å². The maximum atomic E-state index is 12.1. The molecular formula is C14H22N2OS2. The molecule has 3 nitrogen and oxygen atoms in total. The molecule has 0 aromatic carbocycles. The van der Waals surface area contributed by atoms with E-state index in [2.05, 4.69) is 13.8 Å². The highest BCUT2D eigenvalue weighted by molar-refractivity contribution is 8.24. The Kier molecular flexibility index (Phi) is 5.01. The number of hydrogen-bond donors (Lipinski definition) is 0. The molecule has 1 amide bonds. The first-order valence-corrected chi connectivity index (χ1v) is 8.38. The number of amides is 1. The van der Waals surface area contributed by atoms with Crippen molar-refractivity contribution in [2.24, 2.45) is 16.8 Å². The molecule has 1 heterocycles. The molecule has 0 bridgehead atoms. The second kappa shape index (κ2) is 6.35. The quantitative estimate of drug-likeness (QED) is 0.593. The van der Waals surface area contributed by atoms with Crippen molar-refractivity contribution in [2.75, 3.05) is 6.54 Å². The summed E-state index contributed by atoms with van der Waals surface area (Å²) in [6, 6.07) is 0.376. The topological polar surface area (TPSA) is 32.7 Å². The lowest BCUT2D eigenvalue weighted by Crippen LogP contribution is -2.32. The second-order valence-electron chi connectivity index (χ2n) is 5.52. The van der Waals surface area contributed by atoms with E-state index in [4.69, 9.17) is 17.2 Å². The highest BCUT2D eigenvalue weighted by atomic mass is 32.2. The van der Waals surface area contributed by atoms with Gasteiger partial charge >= 0.3 is 0 Å². The predicted molar refractivity (Wildman–Crippen MR) is 85.8 cm³/mol. The molecule has 0 unspecified atom stereocenters. The zero-order chi connectivity index (χ0) is 14.0. The van der Waals surface area contributed by atoms with Crippen LogP contribution in [0.3, 0.4) is 0 Å². The summed E-state index contributed by atoms with van der Waals surface area (Å²) in [6.45, 7) is 7.19. The maximum absolute atomic E-state index is 12.1. The fraction of sp³-hybridized carbons (Fsp3) is 0.786. The Morgan fingerprint density at radius 2 is 2.21 bits per heavy atom. The SMILES string of the molecule is CCN1C(=O)[C@@H](C=N[C@@H]2CCC[C@H](C)[C@@H]2C)SC1=S. The van der Waals surface area contributed by atoms with E-state index in [-0.39, 0.29) is 11.2 Å². The van der Waals surface area contributed by atoms with Crippen molar-refractivity contribution in [3.63, 3.8) is 0 Å². The lowest BCUT2D eigenvalue weighted by atomic mass is 9.78. The number of carbonyl (C=O) groups excluding carboxylic acids is 1. The fourth-order valence-electron chi connectivity index (χ4n) is 2.80. The minimum absolute atomic E-state index is 0.0951. The first-order chi connectivity index (χ1) is 9.04. The molecule has 1 saturated heterocycles. The molecule has 2 aliphatic rings. The number of aliphatic imine (C=N–C) groups is 1. The third-order valence-electron chi connectivity index (χ3n) is 4.35. The molecule has 4 atom stereocenters. The van der Waals surface area contributed by atoms with Crippen LogP contribution in [-0.4, -0.2) is 39.2 Å². The Labute approximate surface area is 125 Å². The number of carbonyl (C=O) groups is 1. The monoisotopic (exact) mass is 298 g/mol. The molecule has 5 heteroatoms. The smallest absolute Gasteiger partial charge is 0.247 e. The number of hydrogen-bond acceptors (Lipinski definition) is 4. The fourth-order valence-corrected chi connectivity index (χ4v) is 4.25. The summed E-state index contributed by atoms with van der Waals surface area (Å²) in [5.41, 5.74) is 0. The van der Waals surface area contributed by atoms with Crippen molar-refractivity contribution < 1.29 is 4.79 Å². The maximum Gasteiger partial charge on any atom is 0.247 e. The van der Waals surface area contributed by atoms with E-state index < -0.39 is 0 Å². The van der Waals surface area contributed by atoms with Crippen LogP contribution >= 0.6 is 24.0 Å². The molecule has 2 rings (SSSR count). The molecule has 0 N–H and O–H groups in total. The lowest BCUT2D eigenvalue weighted by molar-refractivity contribution is -0.124. The van der Waals surface area contributed by atoms with Gasteiger partial charge in [0.25, 0.3) is 0 Å². The Morgan fingerprint density at radius 3 is 2.84 bits per heavy atom. The largest absolute Gasteiger partial charge is 0.297 e. The van der Waals surface area contributed by atoms with Crippen LogP contribution in [0, 0.1) is 11.8 Å². The summed E-state index contributed by atoms with van der Waals surface area (Å²) >= 11 is 6.67. The molecule has 106 valence electrons. The Hall–Kier alpha value is -0.420. The normalized spacial score (nSPS) is 36.5. The Bertz CT molecular complexity index is 397. The highest BCUT2D eigenvalue weighted by Gasteiger charge is 2.35. The van der Waals surface area contributed by atoms with Gasteiger partial charge in [-0.2, -0.15) is 0 Å². The molecule has 0 aromatic rings. The molecule has 1 aliphatic carbocycles. The minimum Gasteiger partial charge on any atom is -0.297 e. The number of thiocarbonyl (C=S) groups is 1. The van der Waals surface area contributed by atoms with Crippen LogP contribution in [0.1, 0.15) is 40.0 Å². The van der Waals surface area contributed by atoms with Crippen LogP contribution in [0.5, 0.6) is 0 Å². The van der Waals surface area contributed by atoms with E-state index in [1.54, 1.807) is 4.90 Å². The number of rotatable bonds is 3. The van der Waals surface area contributed by atoms with Gasteiger partial charge in [0, 0.05) is 12.8 Å². The van der Waals surface area contributed by atoms with Gasteiger partial charge in [-0.15, -0.1) is 0 Å². The summed E-state index contributed by atoms with van der Waals surface area (Å²) in [4.78, 5) is 18.5. The summed E-state index contributed by atoms with van der Waals surface area (Å²) in [5.74, 6) is 1.44. The van der Waals surface area contributed by atoms with Crippen LogP contribution in [0.15, 0.2) is 4.99 Å². The summed E-state index contributed by atoms with van der Waals surface area (Å²) < 4.78 is 0.689. The van der Waals surface area contributed by atoms with Crippen LogP contribution < -0.4 is 0 Å². The third kappa shape index (κ3) is 3.19. The second-order valence-corrected chi connectivity index (χ2v) is 7.30. The molecule has 0 aromatic heterocycles. The van der Waals surface area contributed by atoms with Gasteiger partial charge in [-0.3, -0.25) is 14.7 Å². The van der Waals surface area contributed by atoms with Crippen molar-refractivity contribution >= 4 is 40.4 Å². The van der Waals surface area contributed by atoms with Crippen molar-refractivity contribution in [1.82, 2.24) is 4.90 Å². The third-order valence-corrected chi connectivity index (χ3v) is 5.86. The molecule has 2 fully saturated rings. The molecule has 1 aliphatic heterocycles. The van der Waals surface area contributed by atoms with Crippen LogP contribution in [0.25, 0.3) is 0 Å². The van der Waals surface area contributed by atoms with E-state index >= 15 is 0 Å². The Morgan fingerprint density at radius 1 is 1.47 bits per heavy atom. The average molecular weight is 298 g/mol. The first kappa shape index (κ1) is 15.0. The van der Waals surface area contributed by atoms with Gasteiger partial charge in [0.05, 0.1) is 6.04 Å². The predicted octanol–water partition coefficient (Wildman–Crippen LogP) is 3.13. The number of nitrogens with zero attached hydrogens (tertiary/aromatic N) is 2. The van der Waals surface area contributed by atoms with Gasteiger partial charge in [-0.1, -0.05) is 50.7 Å². The average Bonchev–Trinajstić information content (AvgIpc) is 2.66. The van der Waals surface area contributed by atoms with Gasteiger partial charge in [0.1, 0.15) is 9.57 Å². The molecule has 19 heavy (non-hydrogen) atoms. The number of thioether (sulfide) groups is 1. The van der Waals surface area contributed by atoms with E-state index in [1.807, 2.05) is 13.1 Å². The van der Waals surface area contributed by atoms with Crippen LogP contribution in [0.4, 0.5) is 0 Å². The zero-order valence-corrected chi connectivity index (χ0v) is 13.5. The van der Waals surface area contributed by atoms with Crippen molar-refractivity contribution in [1.29, 1.82) is 0 Å². The summed E-state index contributed by atoms with van der Waals surface area (Å²) in [6.07, 6.45) is 5.54. The molecular weight excluding hydrogens is 276 g/mol.